The zero-order valence-corrected chi connectivity index (χ0v) is 10.2. The molecule has 5 nitrogen and oxygen atoms in total. The van der Waals surface area contributed by atoms with E-state index >= 15 is 0 Å². The second kappa shape index (κ2) is 4.08. The maximum Gasteiger partial charge on any atom is 0.239 e. The Labute approximate surface area is 100 Å². The molecule has 0 aliphatic carbocycles. The number of nitrogens with two attached hydrogens (primary N) is 1. The van der Waals surface area contributed by atoms with Crippen molar-refractivity contribution in [1.29, 1.82) is 0 Å². The number of rotatable bonds is 3. The Morgan fingerprint density at radius 2 is 2.00 bits per heavy atom. The Hall–Kier alpha value is -2.04. The molecule has 0 atom stereocenters. The van der Waals surface area contributed by atoms with Crippen molar-refractivity contribution in [2.45, 2.75) is 19.3 Å². The van der Waals surface area contributed by atoms with Gasteiger partial charge in [0.25, 0.3) is 0 Å². The van der Waals surface area contributed by atoms with Gasteiger partial charge in [0, 0.05) is 5.56 Å². The van der Waals surface area contributed by atoms with Crippen LogP contribution in [0.25, 0.3) is 0 Å². The average molecular weight is 232 g/mol. The predicted molar refractivity (Wildman–Crippen MR) is 65.9 cm³/mol. The summed E-state index contributed by atoms with van der Waals surface area (Å²) in [6, 6.07) is 7.85. The Balaban J connectivity index is 2.50. The minimum atomic E-state index is -0.336. The summed E-state index contributed by atoms with van der Waals surface area (Å²) in [7, 11) is 1.66. The minimum absolute atomic E-state index is 0.253. The van der Waals surface area contributed by atoms with Gasteiger partial charge in [0.15, 0.2) is 0 Å². The van der Waals surface area contributed by atoms with Crippen molar-refractivity contribution >= 4 is 5.95 Å². The van der Waals surface area contributed by atoms with E-state index in [0.29, 0.717) is 0 Å². The highest BCUT2D eigenvalue weighted by Crippen LogP contribution is 2.35. The molecule has 1 heterocycles. The number of nitrogen functional groups attached to an aromatic ring is 1. The van der Waals surface area contributed by atoms with E-state index in [0.717, 1.165) is 17.1 Å². The third-order valence-electron chi connectivity index (χ3n) is 2.88. The highest BCUT2D eigenvalue weighted by atomic mass is 16.5. The van der Waals surface area contributed by atoms with Gasteiger partial charge in [-0.3, -0.25) is 5.10 Å². The van der Waals surface area contributed by atoms with Crippen molar-refractivity contribution in [1.82, 2.24) is 15.2 Å². The Bertz CT molecular complexity index is 519. The van der Waals surface area contributed by atoms with Gasteiger partial charge in [-0.15, -0.1) is 5.10 Å². The second-order valence-corrected chi connectivity index (χ2v) is 4.37. The molecule has 1 aromatic carbocycles. The number of hydrogen-bond donors (Lipinski definition) is 2. The van der Waals surface area contributed by atoms with Crippen molar-refractivity contribution in [3.05, 3.63) is 35.7 Å². The van der Waals surface area contributed by atoms with Crippen LogP contribution in [0.5, 0.6) is 5.75 Å². The van der Waals surface area contributed by atoms with Crippen LogP contribution in [-0.2, 0) is 5.41 Å². The van der Waals surface area contributed by atoms with Gasteiger partial charge in [-0.05, 0) is 19.9 Å². The molecule has 3 N–H and O–H groups in total. The number of hydrogen-bond acceptors (Lipinski definition) is 4. The monoisotopic (exact) mass is 232 g/mol. The fraction of sp³-hybridized carbons (Fsp3) is 0.333. The van der Waals surface area contributed by atoms with Crippen LogP contribution in [0.2, 0.25) is 0 Å². The lowest BCUT2D eigenvalue weighted by Gasteiger charge is -2.24. The summed E-state index contributed by atoms with van der Waals surface area (Å²) < 4.78 is 5.37. The van der Waals surface area contributed by atoms with Gasteiger partial charge >= 0.3 is 0 Å². The van der Waals surface area contributed by atoms with Crippen LogP contribution in [-0.4, -0.2) is 22.3 Å². The first kappa shape index (κ1) is 11.4. The van der Waals surface area contributed by atoms with Crippen molar-refractivity contribution in [2.24, 2.45) is 0 Å². The van der Waals surface area contributed by atoms with Gasteiger partial charge in [0.05, 0.1) is 12.5 Å². The number of benzene rings is 1. The first-order valence-corrected chi connectivity index (χ1v) is 5.37. The molecule has 0 amide bonds. The summed E-state index contributed by atoms with van der Waals surface area (Å²) in [6.45, 7) is 4.09. The van der Waals surface area contributed by atoms with Gasteiger partial charge in [-0.2, -0.15) is 4.98 Å². The van der Waals surface area contributed by atoms with E-state index in [2.05, 4.69) is 15.2 Å². The van der Waals surface area contributed by atoms with E-state index in [9.17, 15) is 0 Å². The number of H-pyrrole nitrogens is 1. The molecule has 0 saturated heterocycles. The molecule has 0 radical (unpaired) electrons. The molecule has 17 heavy (non-hydrogen) atoms. The fourth-order valence-corrected chi connectivity index (χ4v) is 1.84. The third-order valence-corrected chi connectivity index (χ3v) is 2.88. The summed E-state index contributed by atoms with van der Waals surface area (Å²) in [4.78, 5) is 4.19. The molecule has 2 aromatic rings. The predicted octanol–water partition coefficient (Wildman–Crippen LogP) is 1.72. The number of methoxy groups -OCH3 is 1. The smallest absolute Gasteiger partial charge is 0.239 e. The molecule has 1 aromatic heterocycles. The number of nitrogens with one attached hydrogen (secondary N) is 1. The Morgan fingerprint density at radius 3 is 2.59 bits per heavy atom. The van der Waals surface area contributed by atoms with Gasteiger partial charge in [0.2, 0.25) is 5.95 Å². The molecule has 0 fully saturated rings. The number of nitrogens with zero attached hydrogens (tertiary/aromatic N) is 2. The normalized spacial score (nSPS) is 11.5. The number of aromatic nitrogens is 3. The lowest BCUT2D eigenvalue weighted by atomic mass is 9.83. The molecular weight excluding hydrogens is 216 g/mol. The third kappa shape index (κ3) is 1.95. The molecule has 0 bridgehead atoms. The first-order valence-electron chi connectivity index (χ1n) is 5.37. The van der Waals surface area contributed by atoms with Crippen LogP contribution in [0.4, 0.5) is 5.95 Å². The number of anilines is 1. The Morgan fingerprint density at radius 1 is 1.29 bits per heavy atom. The summed E-state index contributed by atoms with van der Waals surface area (Å²) in [5.74, 6) is 1.80. The standard InChI is InChI=1S/C12H16N4O/c1-12(2,10-14-11(13)16-15-10)8-6-4-5-7-9(8)17-3/h4-7H,1-3H3,(H3,13,14,15,16). The van der Waals surface area contributed by atoms with Crippen molar-refractivity contribution in [3.8, 4) is 5.75 Å². The van der Waals surface area contributed by atoms with Crippen LogP contribution >= 0.6 is 0 Å². The minimum Gasteiger partial charge on any atom is -0.496 e. The highest BCUT2D eigenvalue weighted by Gasteiger charge is 2.29. The summed E-state index contributed by atoms with van der Waals surface area (Å²) in [5.41, 5.74) is 6.24. The van der Waals surface area contributed by atoms with Gasteiger partial charge in [-0.25, -0.2) is 0 Å². The SMILES string of the molecule is COc1ccccc1C(C)(C)c1nc(N)n[nH]1. The van der Waals surface area contributed by atoms with E-state index in [1.807, 2.05) is 38.1 Å². The molecule has 0 aliphatic rings. The summed E-state index contributed by atoms with van der Waals surface area (Å²) >= 11 is 0. The van der Waals surface area contributed by atoms with Crippen molar-refractivity contribution in [3.63, 3.8) is 0 Å². The van der Waals surface area contributed by atoms with E-state index < -0.39 is 0 Å². The molecule has 0 spiro atoms. The van der Waals surface area contributed by atoms with Crippen LogP contribution in [0.15, 0.2) is 24.3 Å². The van der Waals surface area contributed by atoms with E-state index in [-0.39, 0.29) is 11.4 Å². The van der Waals surface area contributed by atoms with Crippen molar-refractivity contribution < 1.29 is 4.74 Å². The second-order valence-electron chi connectivity index (χ2n) is 4.37. The molecule has 90 valence electrons. The quantitative estimate of drug-likeness (QED) is 0.844. The van der Waals surface area contributed by atoms with Crippen LogP contribution in [0.3, 0.4) is 0 Å². The summed E-state index contributed by atoms with van der Waals surface area (Å²) in [6.07, 6.45) is 0. The van der Waals surface area contributed by atoms with Gasteiger partial charge in [-0.1, -0.05) is 18.2 Å². The number of para-hydroxylation sites is 1. The van der Waals surface area contributed by atoms with Gasteiger partial charge in [0.1, 0.15) is 11.6 Å². The molecule has 0 saturated carbocycles. The van der Waals surface area contributed by atoms with E-state index in [1.54, 1.807) is 7.11 Å². The molecular formula is C12H16N4O. The topological polar surface area (TPSA) is 76.8 Å². The first-order chi connectivity index (χ1) is 8.05. The highest BCUT2D eigenvalue weighted by molar-refractivity contribution is 5.43. The number of aromatic amines is 1. The Kier molecular flexibility index (Phi) is 2.75. The summed E-state index contributed by atoms with van der Waals surface area (Å²) in [5, 5.41) is 6.72. The maximum atomic E-state index is 5.54. The average Bonchev–Trinajstić information content (AvgIpc) is 2.76. The van der Waals surface area contributed by atoms with Crippen molar-refractivity contribution in [2.75, 3.05) is 12.8 Å². The molecule has 5 heteroatoms. The van der Waals surface area contributed by atoms with Crippen LogP contribution < -0.4 is 10.5 Å². The zero-order valence-electron chi connectivity index (χ0n) is 10.2. The van der Waals surface area contributed by atoms with Crippen LogP contribution in [0, 0.1) is 0 Å². The number of ether oxygens (including phenoxy) is 1. The largest absolute Gasteiger partial charge is 0.496 e. The lowest BCUT2D eigenvalue weighted by molar-refractivity contribution is 0.399. The molecule has 0 aliphatic heterocycles. The molecule has 2 rings (SSSR count). The van der Waals surface area contributed by atoms with E-state index in [4.69, 9.17) is 10.5 Å². The maximum absolute atomic E-state index is 5.54. The molecule has 0 unspecified atom stereocenters. The van der Waals surface area contributed by atoms with Gasteiger partial charge < -0.3 is 10.5 Å². The fourth-order valence-electron chi connectivity index (χ4n) is 1.84. The zero-order chi connectivity index (χ0) is 12.5. The van der Waals surface area contributed by atoms with E-state index in [1.165, 1.54) is 0 Å². The van der Waals surface area contributed by atoms with Crippen LogP contribution in [0.1, 0.15) is 25.2 Å². The lowest BCUT2D eigenvalue weighted by Crippen LogP contribution is -2.21.